The molecule has 1 fully saturated rings. The van der Waals surface area contributed by atoms with Gasteiger partial charge in [0.1, 0.15) is 5.75 Å². The number of nitrogens with one attached hydrogen (secondary N) is 1. The SMILES string of the molecule is COc1ccc(/C=N\NC(=O)CN2CCSCC2)cc1C. The maximum absolute atomic E-state index is 11.8. The second-order valence-corrected chi connectivity index (χ2v) is 6.14. The quantitative estimate of drug-likeness (QED) is 0.662. The zero-order chi connectivity index (χ0) is 15.1. The molecule has 114 valence electrons. The summed E-state index contributed by atoms with van der Waals surface area (Å²) < 4.78 is 5.21. The van der Waals surface area contributed by atoms with E-state index in [0.717, 1.165) is 41.5 Å². The Hall–Kier alpha value is -1.53. The number of thioether (sulfide) groups is 1. The third-order valence-electron chi connectivity index (χ3n) is 3.29. The number of carbonyl (C=O) groups is 1. The molecule has 1 aromatic carbocycles. The number of hydrazone groups is 1. The van der Waals surface area contributed by atoms with E-state index in [4.69, 9.17) is 4.74 Å². The van der Waals surface area contributed by atoms with E-state index in [2.05, 4.69) is 15.4 Å². The van der Waals surface area contributed by atoms with Gasteiger partial charge < -0.3 is 4.74 Å². The zero-order valence-corrected chi connectivity index (χ0v) is 13.3. The number of hydrogen-bond acceptors (Lipinski definition) is 5. The molecule has 5 nitrogen and oxygen atoms in total. The molecule has 0 bridgehead atoms. The number of rotatable bonds is 5. The highest BCUT2D eigenvalue weighted by Crippen LogP contribution is 2.17. The second kappa shape index (κ2) is 8.05. The third kappa shape index (κ3) is 5.06. The average molecular weight is 307 g/mol. The van der Waals surface area contributed by atoms with Gasteiger partial charge in [-0.2, -0.15) is 16.9 Å². The largest absolute Gasteiger partial charge is 0.496 e. The van der Waals surface area contributed by atoms with Crippen molar-refractivity contribution in [1.29, 1.82) is 0 Å². The molecule has 2 rings (SSSR count). The molecule has 6 heteroatoms. The van der Waals surface area contributed by atoms with Crippen LogP contribution >= 0.6 is 11.8 Å². The molecule has 0 saturated carbocycles. The maximum Gasteiger partial charge on any atom is 0.254 e. The van der Waals surface area contributed by atoms with Gasteiger partial charge in [-0.05, 0) is 36.2 Å². The first-order valence-corrected chi connectivity index (χ1v) is 8.11. The molecular formula is C15H21N3O2S. The predicted molar refractivity (Wildman–Crippen MR) is 87.2 cm³/mol. The Morgan fingerprint density at radius 3 is 2.90 bits per heavy atom. The minimum Gasteiger partial charge on any atom is -0.496 e. The Morgan fingerprint density at radius 1 is 1.48 bits per heavy atom. The van der Waals surface area contributed by atoms with Crippen molar-refractivity contribution in [3.05, 3.63) is 29.3 Å². The van der Waals surface area contributed by atoms with Crippen LogP contribution in [0.5, 0.6) is 5.75 Å². The van der Waals surface area contributed by atoms with Gasteiger partial charge >= 0.3 is 0 Å². The van der Waals surface area contributed by atoms with Gasteiger partial charge in [-0.3, -0.25) is 9.69 Å². The van der Waals surface area contributed by atoms with Crippen LogP contribution in [-0.2, 0) is 4.79 Å². The molecule has 1 amide bonds. The highest BCUT2D eigenvalue weighted by molar-refractivity contribution is 7.99. The second-order valence-electron chi connectivity index (χ2n) is 4.91. The molecule has 1 heterocycles. The molecule has 1 aromatic rings. The standard InChI is InChI=1S/C15H21N3O2S/c1-12-9-13(3-4-14(12)20-2)10-16-17-15(19)11-18-5-7-21-8-6-18/h3-4,9-10H,5-8,11H2,1-2H3,(H,17,19)/b16-10-. The number of carbonyl (C=O) groups excluding carboxylic acids is 1. The molecule has 1 saturated heterocycles. The fourth-order valence-corrected chi connectivity index (χ4v) is 3.14. The Bertz CT molecular complexity index is 514. The van der Waals surface area contributed by atoms with Gasteiger partial charge in [0, 0.05) is 24.6 Å². The van der Waals surface area contributed by atoms with Gasteiger partial charge in [0.15, 0.2) is 0 Å². The van der Waals surface area contributed by atoms with Crippen molar-refractivity contribution in [2.24, 2.45) is 5.10 Å². The molecule has 0 aromatic heterocycles. The monoisotopic (exact) mass is 307 g/mol. The van der Waals surface area contributed by atoms with Crippen molar-refractivity contribution in [2.45, 2.75) is 6.92 Å². The number of aryl methyl sites for hydroxylation is 1. The number of hydrogen-bond donors (Lipinski definition) is 1. The molecule has 0 atom stereocenters. The summed E-state index contributed by atoms with van der Waals surface area (Å²) in [7, 11) is 1.65. The van der Waals surface area contributed by atoms with E-state index in [1.165, 1.54) is 0 Å². The van der Waals surface area contributed by atoms with Gasteiger partial charge in [0.05, 0.1) is 19.9 Å². The number of methoxy groups -OCH3 is 1. The Morgan fingerprint density at radius 2 is 2.24 bits per heavy atom. The van der Waals surface area contributed by atoms with Gasteiger partial charge in [0.25, 0.3) is 5.91 Å². The summed E-state index contributed by atoms with van der Waals surface area (Å²) in [6, 6.07) is 5.77. The van der Waals surface area contributed by atoms with E-state index in [-0.39, 0.29) is 5.91 Å². The first-order chi connectivity index (χ1) is 10.2. The summed E-state index contributed by atoms with van der Waals surface area (Å²) in [6.07, 6.45) is 1.65. The molecule has 0 radical (unpaired) electrons. The van der Waals surface area contributed by atoms with E-state index in [0.29, 0.717) is 6.54 Å². The first-order valence-electron chi connectivity index (χ1n) is 6.95. The van der Waals surface area contributed by atoms with Crippen LogP contribution < -0.4 is 10.2 Å². The van der Waals surface area contributed by atoms with Crippen molar-refractivity contribution in [1.82, 2.24) is 10.3 Å². The lowest BCUT2D eigenvalue weighted by Gasteiger charge is -2.24. The fraction of sp³-hybridized carbons (Fsp3) is 0.467. The van der Waals surface area contributed by atoms with Crippen LogP contribution in [0.1, 0.15) is 11.1 Å². The van der Waals surface area contributed by atoms with Crippen molar-refractivity contribution >= 4 is 23.9 Å². The Labute approximate surface area is 129 Å². The van der Waals surface area contributed by atoms with Crippen molar-refractivity contribution in [3.8, 4) is 5.75 Å². The van der Waals surface area contributed by atoms with Crippen LogP contribution in [0.2, 0.25) is 0 Å². The van der Waals surface area contributed by atoms with Crippen LogP contribution in [0.3, 0.4) is 0 Å². The van der Waals surface area contributed by atoms with Crippen LogP contribution in [0.25, 0.3) is 0 Å². The Kier molecular flexibility index (Phi) is 6.07. The van der Waals surface area contributed by atoms with E-state index in [9.17, 15) is 4.79 Å². The average Bonchev–Trinajstić information content (AvgIpc) is 2.48. The summed E-state index contributed by atoms with van der Waals surface area (Å²) in [4.78, 5) is 13.9. The molecule has 0 spiro atoms. The number of benzene rings is 1. The molecule has 1 N–H and O–H groups in total. The molecule has 21 heavy (non-hydrogen) atoms. The van der Waals surface area contributed by atoms with Crippen LogP contribution in [0.15, 0.2) is 23.3 Å². The van der Waals surface area contributed by atoms with Crippen molar-refractivity contribution in [3.63, 3.8) is 0 Å². The predicted octanol–water partition coefficient (Wildman–Crippen LogP) is 1.50. The van der Waals surface area contributed by atoms with Gasteiger partial charge in [-0.15, -0.1) is 0 Å². The van der Waals surface area contributed by atoms with Crippen molar-refractivity contribution < 1.29 is 9.53 Å². The molecule has 1 aliphatic heterocycles. The minimum atomic E-state index is -0.0663. The van der Waals surface area contributed by atoms with E-state index < -0.39 is 0 Å². The summed E-state index contributed by atoms with van der Waals surface area (Å²) in [5, 5.41) is 4.01. The molecule has 0 unspecified atom stereocenters. The molecule has 1 aliphatic rings. The third-order valence-corrected chi connectivity index (χ3v) is 4.24. The lowest BCUT2D eigenvalue weighted by Crippen LogP contribution is -2.40. The number of nitrogens with zero attached hydrogens (tertiary/aromatic N) is 2. The highest BCUT2D eigenvalue weighted by Gasteiger charge is 2.13. The maximum atomic E-state index is 11.8. The van der Waals surface area contributed by atoms with E-state index in [1.54, 1.807) is 13.3 Å². The summed E-state index contributed by atoms with van der Waals surface area (Å²) in [5.74, 6) is 2.98. The normalized spacial score (nSPS) is 16.1. The topological polar surface area (TPSA) is 53.9 Å². The smallest absolute Gasteiger partial charge is 0.254 e. The van der Waals surface area contributed by atoms with Crippen LogP contribution in [-0.4, -0.2) is 55.3 Å². The van der Waals surface area contributed by atoms with Crippen molar-refractivity contribution in [2.75, 3.05) is 38.2 Å². The summed E-state index contributed by atoms with van der Waals surface area (Å²) in [6.45, 7) is 4.33. The van der Waals surface area contributed by atoms with Gasteiger partial charge in [0.2, 0.25) is 0 Å². The minimum absolute atomic E-state index is 0.0663. The summed E-state index contributed by atoms with van der Waals surface area (Å²) in [5.41, 5.74) is 4.55. The number of ether oxygens (including phenoxy) is 1. The molecular weight excluding hydrogens is 286 g/mol. The summed E-state index contributed by atoms with van der Waals surface area (Å²) >= 11 is 1.93. The van der Waals surface area contributed by atoms with E-state index in [1.807, 2.05) is 36.9 Å². The van der Waals surface area contributed by atoms with Gasteiger partial charge in [-0.25, -0.2) is 5.43 Å². The van der Waals surface area contributed by atoms with E-state index >= 15 is 0 Å². The first kappa shape index (κ1) is 15.9. The Balaban J connectivity index is 1.81. The van der Waals surface area contributed by atoms with Crippen LogP contribution in [0, 0.1) is 6.92 Å². The molecule has 0 aliphatic carbocycles. The lowest BCUT2D eigenvalue weighted by molar-refractivity contribution is -0.122. The highest BCUT2D eigenvalue weighted by atomic mass is 32.2. The van der Waals surface area contributed by atoms with Gasteiger partial charge in [-0.1, -0.05) is 0 Å². The zero-order valence-electron chi connectivity index (χ0n) is 12.5. The van der Waals surface area contributed by atoms with Crippen LogP contribution in [0.4, 0.5) is 0 Å². The lowest BCUT2D eigenvalue weighted by atomic mass is 10.1. The number of amides is 1. The fourth-order valence-electron chi connectivity index (χ4n) is 2.16.